The standard InChI is InChI=1S/C10H4F9NO2/c1-22-9(16,10(17,18)19)8(21)20-7-5(14)3(12)2(11)4(13)6(7)15/h1H3,(H,20,21). The molecule has 1 amide bonds. The Balaban J connectivity index is 3.35. The number of hydrogen-bond acceptors (Lipinski definition) is 2. The van der Waals surface area contributed by atoms with Gasteiger partial charge in [-0.3, -0.25) is 4.79 Å². The highest BCUT2D eigenvalue weighted by Gasteiger charge is 2.63. The van der Waals surface area contributed by atoms with E-state index in [0.717, 1.165) is 0 Å². The molecule has 0 radical (unpaired) electrons. The van der Waals surface area contributed by atoms with E-state index in [9.17, 15) is 44.3 Å². The number of methoxy groups -OCH3 is 1. The first-order valence-electron chi connectivity index (χ1n) is 5.02. The van der Waals surface area contributed by atoms with Crippen LogP contribution in [0.4, 0.5) is 45.2 Å². The maximum Gasteiger partial charge on any atom is 0.458 e. The first kappa shape index (κ1) is 18.1. The SMILES string of the molecule is COC(F)(C(=O)Nc1c(F)c(F)c(F)c(F)c1F)C(F)(F)F. The highest BCUT2D eigenvalue weighted by atomic mass is 19.4. The first-order valence-corrected chi connectivity index (χ1v) is 5.02. The van der Waals surface area contributed by atoms with Gasteiger partial charge in [-0.1, -0.05) is 0 Å². The summed E-state index contributed by atoms with van der Waals surface area (Å²) in [5.74, 6) is -20.9. The summed E-state index contributed by atoms with van der Waals surface area (Å²) < 4.78 is 118. The number of ether oxygens (including phenoxy) is 1. The third-order valence-corrected chi connectivity index (χ3v) is 2.39. The van der Waals surface area contributed by atoms with E-state index in [-0.39, 0.29) is 7.11 Å². The molecule has 0 saturated carbocycles. The van der Waals surface area contributed by atoms with Gasteiger partial charge in [0.05, 0.1) is 0 Å². The van der Waals surface area contributed by atoms with Gasteiger partial charge in [0.1, 0.15) is 5.69 Å². The lowest BCUT2D eigenvalue weighted by Crippen LogP contribution is -2.52. The summed E-state index contributed by atoms with van der Waals surface area (Å²) in [4.78, 5) is 11.1. The monoisotopic (exact) mass is 341 g/mol. The molecule has 124 valence electrons. The van der Waals surface area contributed by atoms with Crippen LogP contribution in [-0.2, 0) is 9.53 Å². The van der Waals surface area contributed by atoms with Crippen molar-refractivity contribution in [3.05, 3.63) is 29.1 Å². The molecule has 0 spiro atoms. The molecule has 0 aromatic heterocycles. The molecular formula is C10H4F9NO2. The van der Waals surface area contributed by atoms with Crippen LogP contribution < -0.4 is 5.32 Å². The summed E-state index contributed by atoms with van der Waals surface area (Å²) in [7, 11) is 0.103. The van der Waals surface area contributed by atoms with E-state index in [1.807, 2.05) is 0 Å². The van der Waals surface area contributed by atoms with Crippen LogP contribution in [0.3, 0.4) is 0 Å². The molecule has 0 aliphatic carbocycles. The molecule has 1 aromatic carbocycles. The molecule has 1 rings (SSSR count). The number of carbonyl (C=O) groups excluding carboxylic acids is 1. The number of nitrogens with one attached hydrogen (secondary N) is 1. The van der Waals surface area contributed by atoms with Crippen LogP contribution in [0.1, 0.15) is 0 Å². The largest absolute Gasteiger partial charge is 0.458 e. The number of halogens is 9. The smallest absolute Gasteiger partial charge is 0.335 e. The Morgan fingerprint density at radius 2 is 1.23 bits per heavy atom. The number of alkyl halides is 4. The number of benzene rings is 1. The van der Waals surface area contributed by atoms with Crippen LogP contribution in [0.2, 0.25) is 0 Å². The van der Waals surface area contributed by atoms with E-state index in [1.54, 1.807) is 0 Å². The van der Waals surface area contributed by atoms with E-state index < -0.39 is 52.7 Å². The van der Waals surface area contributed by atoms with Gasteiger partial charge < -0.3 is 10.1 Å². The second-order valence-corrected chi connectivity index (χ2v) is 3.70. The Bertz CT molecular complexity index is 586. The molecule has 1 atom stereocenters. The second kappa shape index (κ2) is 5.66. The molecule has 1 N–H and O–H groups in total. The Morgan fingerprint density at radius 3 is 1.55 bits per heavy atom. The normalized spacial score (nSPS) is 14.6. The fourth-order valence-corrected chi connectivity index (χ4v) is 1.25. The number of rotatable bonds is 3. The second-order valence-electron chi connectivity index (χ2n) is 3.70. The van der Waals surface area contributed by atoms with Gasteiger partial charge in [0.25, 0.3) is 5.91 Å². The quantitative estimate of drug-likeness (QED) is 0.521. The molecule has 1 unspecified atom stereocenters. The summed E-state index contributed by atoms with van der Waals surface area (Å²) >= 11 is 0. The molecule has 12 heteroatoms. The lowest BCUT2D eigenvalue weighted by Gasteiger charge is -2.25. The molecule has 0 aliphatic heterocycles. The van der Waals surface area contributed by atoms with Crippen LogP contribution in [0, 0.1) is 29.1 Å². The van der Waals surface area contributed by atoms with Gasteiger partial charge in [-0.2, -0.15) is 17.6 Å². The van der Waals surface area contributed by atoms with Crippen molar-refractivity contribution in [2.45, 2.75) is 12.0 Å². The van der Waals surface area contributed by atoms with Gasteiger partial charge in [0.2, 0.25) is 5.82 Å². The van der Waals surface area contributed by atoms with Gasteiger partial charge in [-0.15, -0.1) is 0 Å². The van der Waals surface area contributed by atoms with Crippen LogP contribution >= 0.6 is 0 Å². The topological polar surface area (TPSA) is 38.3 Å². The zero-order valence-corrected chi connectivity index (χ0v) is 10.2. The molecule has 0 heterocycles. The maximum absolute atomic E-state index is 13.4. The molecule has 0 fully saturated rings. The maximum atomic E-state index is 13.4. The minimum absolute atomic E-state index is 0.103. The minimum atomic E-state index is -5.98. The Morgan fingerprint density at radius 1 is 0.864 bits per heavy atom. The predicted molar refractivity (Wildman–Crippen MR) is 51.8 cm³/mol. The fraction of sp³-hybridized carbons (Fsp3) is 0.300. The van der Waals surface area contributed by atoms with Crippen LogP contribution in [0.25, 0.3) is 0 Å². The Hall–Kier alpha value is -1.98. The van der Waals surface area contributed by atoms with Crippen molar-refractivity contribution < 1.29 is 49.0 Å². The Kier molecular flexibility index (Phi) is 4.65. The van der Waals surface area contributed by atoms with Crippen LogP contribution in [0.5, 0.6) is 0 Å². The summed E-state index contributed by atoms with van der Waals surface area (Å²) in [6, 6.07) is 0. The van der Waals surface area contributed by atoms with Crippen molar-refractivity contribution in [3.8, 4) is 0 Å². The minimum Gasteiger partial charge on any atom is -0.335 e. The van der Waals surface area contributed by atoms with Crippen molar-refractivity contribution in [2.75, 3.05) is 12.4 Å². The third kappa shape index (κ3) is 2.69. The summed E-state index contributed by atoms with van der Waals surface area (Å²) in [5, 5.41) is 0.630. The van der Waals surface area contributed by atoms with E-state index in [1.165, 1.54) is 0 Å². The van der Waals surface area contributed by atoms with Gasteiger partial charge in [-0.05, 0) is 0 Å². The fourth-order valence-electron chi connectivity index (χ4n) is 1.25. The van der Waals surface area contributed by atoms with Gasteiger partial charge in [-0.25, -0.2) is 22.0 Å². The zero-order valence-electron chi connectivity index (χ0n) is 10.2. The lowest BCUT2D eigenvalue weighted by atomic mass is 10.2. The third-order valence-electron chi connectivity index (χ3n) is 2.39. The van der Waals surface area contributed by atoms with Crippen LogP contribution in [-0.4, -0.2) is 25.0 Å². The number of amides is 1. The number of anilines is 1. The molecule has 0 bridgehead atoms. The van der Waals surface area contributed by atoms with Gasteiger partial charge in [0.15, 0.2) is 23.3 Å². The molecule has 1 aromatic rings. The van der Waals surface area contributed by atoms with Gasteiger partial charge in [0, 0.05) is 7.11 Å². The van der Waals surface area contributed by atoms with Crippen LogP contribution in [0.15, 0.2) is 0 Å². The Labute approximate surface area is 115 Å². The highest BCUT2D eigenvalue weighted by molar-refractivity contribution is 5.97. The first-order chi connectivity index (χ1) is 9.88. The van der Waals surface area contributed by atoms with Crippen molar-refractivity contribution in [1.29, 1.82) is 0 Å². The molecule has 0 aliphatic rings. The van der Waals surface area contributed by atoms with E-state index in [4.69, 9.17) is 0 Å². The summed E-state index contributed by atoms with van der Waals surface area (Å²) in [5.41, 5.74) is -2.15. The number of carbonyl (C=O) groups is 1. The zero-order chi connectivity index (χ0) is 17.5. The van der Waals surface area contributed by atoms with Crippen molar-refractivity contribution in [3.63, 3.8) is 0 Å². The molecular weight excluding hydrogens is 337 g/mol. The average Bonchev–Trinajstić information content (AvgIpc) is 2.45. The average molecular weight is 341 g/mol. The van der Waals surface area contributed by atoms with Crippen molar-refractivity contribution in [1.82, 2.24) is 0 Å². The predicted octanol–water partition coefficient (Wildman–Crippen LogP) is 3.20. The lowest BCUT2D eigenvalue weighted by molar-refractivity contribution is -0.305. The number of hydrogen-bond donors (Lipinski definition) is 1. The van der Waals surface area contributed by atoms with E-state index in [0.29, 0.717) is 5.32 Å². The van der Waals surface area contributed by atoms with Gasteiger partial charge >= 0.3 is 12.0 Å². The van der Waals surface area contributed by atoms with E-state index >= 15 is 0 Å². The van der Waals surface area contributed by atoms with Crippen molar-refractivity contribution >= 4 is 11.6 Å². The van der Waals surface area contributed by atoms with E-state index in [2.05, 4.69) is 4.74 Å². The highest BCUT2D eigenvalue weighted by Crippen LogP contribution is 2.36. The molecule has 22 heavy (non-hydrogen) atoms. The summed E-state index contributed by atoms with van der Waals surface area (Å²) in [6.07, 6.45) is -5.98. The molecule has 3 nitrogen and oxygen atoms in total. The molecule has 0 saturated heterocycles. The summed E-state index contributed by atoms with van der Waals surface area (Å²) in [6.45, 7) is 0. The van der Waals surface area contributed by atoms with Crippen molar-refractivity contribution in [2.24, 2.45) is 0 Å².